The van der Waals surface area contributed by atoms with Crippen molar-refractivity contribution in [2.75, 3.05) is 18.8 Å². The molecule has 71 heavy (non-hydrogen) atoms. The van der Waals surface area contributed by atoms with Gasteiger partial charge in [-0.3, -0.25) is 14.4 Å². The number of nitrogens with one attached hydrogen (secondary N) is 5. The van der Waals surface area contributed by atoms with Crippen LogP contribution in [-0.2, 0) is 30.6 Å². The van der Waals surface area contributed by atoms with E-state index in [4.69, 9.17) is 15.4 Å². The van der Waals surface area contributed by atoms with E-state index in [9.17, 15) is 50.7 Å². The van der Waals surface area contributed by atoms with Crippen LogP contribution in [0.2, 0.25) is 0 Å². The number of aromatic nitrogens is 2. The fourth-order valence-corrected chi connectivity index (χ4v) is 10.1. The molecule has 2 fully saturated rings. The van der Waals surface area contributed by atoms with Crippen molar-refractivity contribution in [3.63, 3.8) is 0 Å². The molecule has 0 bridgehead atoms. The lowest BCUT2D eigenvalue weighted by Gasteiger charge is -2.20. The number of nitrogens with zero attached hydrogens (tertiary/aromatic N) is 5. The topological polar surface area (TPSA) is 302 Å². The van der Waals surface area contributed by atoms with Gasteiger partial charge in [-0.2, -0.15) is 30.0 Å². The lowest BCUT2D eigenvalue weighted by molar-refractivity contribution is -0.141. The normalized spacial score (nSPS) is 16.7. The first-order valence-corrected chi connectivity index (χ1v) is 25.4. The summed E-state index contributed by atoms with van der Waals surface area (Å²) in [5.41, 5.74) is 7.31. The predicted octanol–water partition coefficient (Wildman–Crippen LogP) is 6.55. The number of benzene rings is 3. The van der Waals surface area contributed by atoms with Crippen LogP contribution < -0.4 is 36.5 Å². The number of urea groups is 1. The van der Waals surface area contributed by atoms with Gasteiger partial charge in [0.05, 0.1) is 28.4 Å². The van der Waals surface area contributed by atoms with Crippen LogP contribution in [0.4, 0.5) is 23.7 Å². The van der Waals surface area contributed by atoms with E-state index in [-0.39, 0.29) is 94.4 Å². The van der Waals surface area contributed by atoms with E-state index in [1.807, 2.05) is 11.8 Å². The highest BCUT2D eigenvalue weighted by atomic mass is 32.2. The van der Waals surface area contributed by atoms with Gasteiger partial charge in [0.25, 0.3) is 5.91 Å². The number of hydrogen-bond acceptors (Lipinski definition) is 12. The molecule has 2 saturated heterocycles. The lowest BCUT2D eigenvalue weighted by atomic mass is 10.0. The Labute approximate surface area is 411 Å². The number of ether oxygens (including phenoxy) is 1. The third-order valence-corrected chi connectivity index (χ3v) is 14.3. The summed E-state index contributed by atoms with van der Waals surface area (Å²) in [6, 6.07) is 12.1. The van der Waals surface area contributed by atoms with Gasteiger partial charge in [0.2, 0.25) is 21.8 Å². The fourth-order valence-electron chi connectivity index (χ4n) is 8.02. The summed E-state index contributed by atoms with van der Waals surface area (Å²) in [5.74, 6) is -2.31. The molecule has 2 aliphatic rings. The molecule has 1 aromatic heterocycles. The molecule has 0 radical (unpaired) electrons. The third-order valence-electron chi connectivity index (χ3n) is 11.8. The number of hydrogen-bond donors (Lipinski definition) is 7. The summed E-state index contributed by atoms with van der Waals surface area (Å²) in [7, 11) is -4.16. The zero-order chi connectivity index (χ0) is 51.3. The molecule has 5 amide bonds. The van der Waals surface area contributed by atoms with Crippen molar-refractivity contribution >= 4 is 57.2 Å². The molecule has 4 atom stereocenters. The predicted molar refractivity (Wildman–Crippen MR) is 256 cm³/mol. The Bertz CT molecular complexity index is 2730. The summed E-state index contributed by atoms with van der Waals surface area (Å²) in [6.45, 7) is 2.18. The number of esters is 1. The molecule has 380 valence electrons. The number of fused-ring (bicyclic) bond motifs is 1. The van der Waals surface area contributed by atoms with E-state index in [0.29, 0.717) is 50.0 Å². The summed E-state index contributed by atoms with van der Waals surface area (Å²) < 4.78 is 72.8. The van der Waals surface area contributed by atoms with Crippen molar-refractivity contribution in [1.29, 1.82) is 0 Å². The Morgan fingerprint density at radius 2 is 1.62 bits per heavy atom. The minimum atomic E-state index is -4.96. The van der Waals surface area contributed by atoms with Crippen LogP contribution in [0.3, 0.4) is 0 Å². The molecule has 0 unspecified atom stereocenters. The number of aromatic hydroxyl groups is 1. The standard InChI is InChI=1S/C46H54F3N11O9S2/c1-27-13-22-32(35-25-37(46(47,48)49)58-60(35)30-18-20-31(21-19-30)71(51,67)68)42(41(27)63)69-44(65)33(54-43(64)28-14-16-29(17-15-28)57-59-50)9-6-8-24-53-38(61)11-3-2-7-23-52-39(62)12-5-4-10-36-40-34(26-70-36)55-45(66)56-40/h13-22,25,33-34,36,40,63H,2-12,23-24,26H2,1H3,(H,52,62)(H,53,61)(H,54,64)(H2,51,67,68)(H2,55,56,66)/t33-,34-,36-,40-/m0/s1. The maximum absolute atomic E-state index is 14.1. The van der Waals surface area contributed by atoms with Crippen LogP contribution in [0.25, 0.3) is 27.4 Å². The molecule has 4 aromatic rings. The molecule has 20 nitrogen and oxygen atoms in total. The van der Waals surface area contributed by atoms with Crippen LogP contribution in [0.15, 0.2) is 76.7 Å². The quantitative estimate of drug-likeness (QED) is 0.00750. The highest BCUT2D eigenvalue weighted by Gasteiger charge is 2.42. The summed E-state index contributed by atoms with van der Waals surface area (Å²) >= 11 is 1.85. The first-order chi connectivity index (χ1) is 33.8. The molecule has 25 heteroatoms. The Balaban J connectivity index is 1.03. The zero-order valence-corrected chi connectivity index (χ0v) is 40.2. The van der Waals surface area contributed by atoms with Crippen molar-refractivity contribution < 1.29 is 55.4 Å². The average Bonchev–Trinajstić information content (AvgIpc) is 4.05. The number of thioether (sulfide) groups is 1. The number of primary sulfonamides is 1. The van der Waals surface area contributed by atoms with E-state index >= 15 is 0 Å². The molecule has 0 saturated carbocycles. The zero-order valence-electron chi connectivity index (χ0n) is 38.5. The second-order valence-corrected chi connectivity index (χ2v) is 19.9. The fraction of sp³-hybridized carbons (Fsp3) is 0.435. The highest BCUT2D eigenvalue weighted by molar-refractivity contribution is 8.00. The van der Waals surface area contributed by atoms with Gasteiger partial charge in [-0.1, -0.05) is 36.2 Å². The summed E-state index contributed by atoms with van der Waals surface area (Å²) in [4.78, 5) is 66.5. The van der Waals surface area contributed by atoms with Crippen molar-refractivity contribution in [2.24, 2.45) is 10.3 Å². The highest BCUT2D eigenvalue weighted by Crippen LogP contribution is 2.43. The van der Waals surface area contributed by atoms with Gasteiger partial charge >= 0.3 is 18.2 Å². The number of halogens is 3. The smallest absolute Gasteiger partial charge is 0.435 e. The maximum Gasteiger partial charge on any atom is 0.435 e. The number of sulfonamides is 1. The SMILES string of the molecule is Cc1ccc(-c2cc(C(F)(F)F)nn2-c2ccc(S(N)(=O)=O)cc2)c(OC(=O)[C@H](CCCCNC(=O)CCCCCNC(=O)CCCC[C@@H]2SC[C@@H]3NC(=O)N[C@@H]32)NC(=O)c2ccc(N=[N+]=[N-])cc2)c1O. The number of aryl methyl sites for hydroxylation is 1. The third kappa shape index (κ3) is 14.9. The number of azide groups is 1. The summed E-state index contributed by atoms with van der Waals surface area (Å²) in [6.07, 6.45) is 0.873. The van der Waals surface area contributed by atoms with Crippen LogP contribution in [-0.4, -0.2) is 95.2 Å². The number of nitrogens with two attached hydrogens (primary N) is 1. The Kier molecular flexibility index (Phi) is 18.4. The number of phenols is 1. The number of unbranched alkanes of at least 4 members (excludes halogenated alkanes) is 4. The van der Waals surface area contributed by atoms with Crippen molar-refractivity contribution in [1.82, 2.24) is 36.4 Å². The van der Waals surface area contributed by atoms with E-state index in [1.54, 1.807) is 0 Å². The van der Waals surface area contributed by atoms with Gasteiger partial charge in [0.1, 0.15) is 6.04 Å². The second-order valence-electron chi connectivity index (χ2n) is 17.0. The minimum Gasteiger partial charge on any atom is -0.504 e. The molecule has 3 heterocycles. The molecule has 2 aliphatic heterocycles. The Morgan fingerprint density at radius 1 is 0.958 bits per heavy atom. The monoisotopic (exact) mass is 1030 g/mol. The maximum atomic E-state index is 14.1. The first kappa shape index (κ1) is 53.5. The number of rotatable bonds is 24. The molecular formula is C46H54F3N11O9S2. The molecule has 0 spiro atoms. The number of carbonyl (C=O) groups excluding carboxylic acids is 5. The van der Waals surface area contributed by atoms with Crippen molar-refractivity contribution in [3.8, 4) is 28.4 Å². The van der Waals surface area contributed by atoms with Crippen LogP contribution in [0.5, 0.6) is 11.5 Å². The van der Waals surface area contributed by atoms with Gasteiger partial charge in [0, 0.05) is 58.7 Å². The molecule has 8 N–H and O–H groups in total. The van der Waals surface area contributed by atoms with Gasteiger partial charge in [-0.05, 0) is 111 Å². The molecule has 0 aliphatic carbocycles. The minimum absolute atomic E-state index is 0.0225. The Hall–Kier alpha value is -6.82. The number of amides is 5. The van der Waals surface area contributed by atoms with Gasteiger partial charge in [-0.15, -0.1) is 0 Å². The number of carbonyl (C=O) groups is 5. The van der Waals surface area contributed by atoms with E-state index < -0.39 is 51.3 Å². The number of alkyl halides is 3. The Morgan fingerprint density at radius 3 is 2.27 bits per heavy atom. The molecular weight excluding hydrogens is 972 g/mol. The lowest BCUT2D eigenvalue weighted by Crippen LogP contribution is -2.43. The van der Waals surface area contributed by atoms with Gasteiger partial charge < -0.3 is 36.4 Å². The van der Waals surface area contributed by atoms with Crippen molar-refractivity contribution in [3.05, 3.63) is 94.0 Å². The summed E-state index contributed by atoms with van der Waals surface area (Å²) in [5, 5.41) is 38.3. The molecule has 6 rings (SSSR count). The van der Waals surface area contributed by atoms with Crippen molar-refractivity contribution in [2.45, 2.75) is 112 Å². The average molecular weight is 1030 g/mol. The van der Waals surface area contributed by atoms with E-state index in [0.717, 1.165) is 41.8 Å². The second kappa shape index (κ2) is 24.3. The first-order valence-electron chi connectivity index (χ1n) is 22.9. The largest absolute Gasteiger partial charge is 0.504 e. The molecule has 3 aromatic carbocycles. The number of phenolic OH excluding ortho intramolecular Hbond substituents is 1. The van der Waals surface area contributed by atoms with Crippen LogP contribution in [0.1, 0.15) is 92.2 Å². The van der Waals surface area contributed by atoms with E-state index in [1.165, 1.54) is 55.5 Å². The van der Waals surface area contributed by atoms with Gasteiger partial charge in [0.15, 0.2) is 17.2 Å². The van der Waals surface area contributed by atoms with Crippen LogP contribution >= 0.6 is 11.8 Å². The van der Waals surface area contributed by atoms with E-state index in [2.05, 4.69) is 41.7 Å². The van der Waals surface area contributed by atoms with Gasteiger partial charge in [-0.25, -0.2) is 27.8 Å². The van der Waals surface area contributed by atoms with Crippen LogP contribution in [0, 0.1) is 6.92 Å².